The first-order chi connectivity index (χ1) is 9.94. The van der Waals surface area contributed by atoms with Gasteiger partial charge in [0.05, 0.1) is 5.69 Å². The molecule has 1 aromatic heterocycles. The number of hydrogen-bond donors (Lipinski definition) is 2. The van der Waals surface area contributed by atoms with E-state index in [1.165, 1.54) is 6.33 Å². The molecule has 2 rings (SSSR count). The van der Waals surface area contributed by atoms with E-state index >= 15 is 0 Å². The Morgan fingerprint density at radius 1 is 1.29 bits per heavy atom. The summed E-state index contributed by atoms with van der Waals surface area (Å²) in [5.41, 5.74) is 6.75. The van der Waals surface area contributed by atoms with Gasteiger partial charge in [0.1, 0.15) is 18.3 Å². The van der Waals surface area contributed by atoms with E-state index < -0.39 is 11.7 Å². The minimum absolute atomic E-state index is 0.497. The SMILES string of the molecule is CC(C)(C)OC(=O)NNCc1ccc(-n2cncn2)cc1. The molecule has 2 aromatic rings. The molecule has 0 radical (unpaired) electrons. The Kier molecular flexibility index (Phi) is 4.54. The second-order valence-corrected chi connectivity index (χ2v) is 5.49. The van der Waals surface area contributed by atoms with Gasteiger partial charge in [-0.05, 0) is 38.5 Å². The third-order valence-electron chi connectivity index (χ3n) is 2.50. The first-order valence-corrected chi connectivity index (χ1v) is 6.60. The number of carbonyl (C=O) groups excluding carboxylic acids is 1. The topological polar surface area (TPSA) is 81.1 Å². The van der Waals surface area contributed by atoms with Crippen LogP contribution < -0.4 is 10.9 Å². The van der Waals surface area contributed by atoms with Gasteiger partial charge in [0.2, 0.25) is 0 Å². The van der Waals surface area contributed by atoms with Crippen LogP contribution in [0, 0.1) is 0 Å². The molecule has 0 atom stereocenters. The Labute approximate surface area is 123 Å². The second-order valence-electron chi connectivity index (χ2n) is 5.49. The fourth-order valence-corrected chi connectivity index (χ4v) is 1.63. The third-order valence-corrected chi connectivity index (χ3v) is 2.50. The monoisotopic (exact) mass is 289 g/mol. The van der Waals surface area contributed by atoms with E-state index in [-0.39, 0.29) is 0 Å². The summed E-state index contributed by atoms with van der Waals surface area (Å²) in [7, 11) is 0. The largest absolute Gasteiger partial charge is 0.443 e. The molecule has 0 aliphatic carbocycles. The number of nitrogens with zero attached hydrogens (tertiary/aromatic N) is 3. The highest BCUT2D eigenvalue weighted by atomic mass is 16.6. The summed E-state index contributed by atoms with van der Waals surface area (Å²) in [6, 6.07) is 7.75. The van der Waals surface area contributed by atoms with Crippen molar-refractivity contribution in [3.8, 4) is 5.69 Å². The number of amides is 1. The quantitative estimate of drug-likeness (QED) is 0.839. The molecule has 0 aliphatic heterocycles. The molecule has 112 valence electrons. The van der Waals surface area contributed by atoms with Gasteiger partial charge in [-0.15, -0.1) is 0 Å². The molecule has 7 nitrogen and oxygen atoms in total. The standard InChI is InChI=1S/C14H19N5O2/c1-14(2,3)21-13(20)18-16-8-11-4-6-12(7-5-11)19-10-15-9-17-19/h4-7,9-10,16H,8H2,1-3H3,(H,18,20). The summed E-state index contributed by atoms with van der Waals surface area (Å²) in [5.74, 6) is 0. The first kappa shape index (κ1) is 15.0. The van der Waals surface area contributed by atoms with Crippen LogP contribution in [-0.2, 0) is 11.3 Å². The van der Waals surface area contributed by atoms with Crippen molar-refractivity contribution in [3.63, 3.8) is 0 Å². The van der Waals surface area contributed by atoms with E-state index in [0.29, 0.717) is 6.54 Å². The van der Waals surface area contributed by atoms with Crippen molar-refractivity contribution in [1.29, 1.82) is 0 Å². The van der Waals surface area contributed by atoms with Crippen LogP contribution in [0.1, 0.15) is 26.3 Å². The summed E-state index contributed by atoms with van der Waals surface area (Å²) in [6.07, 6.45) is 2.62. The Balaban J connectivity index is 1.80. The fraction of sp³-hybridized carbons (Fsp3) is 0.357. The van der Waals surface area contributed by atoms with Gasteiger partial charge in [0.15, 0.2) is 0 Å². The average Bonchev–Trinajstić information content (AvgIpc) is 2.91. The Morgan fingerprint density at radius 2 is 2.00 bits per heavy atom. The minimum Gasteiger partial charge on any atom is -0.443 e. The first-order valence-electron chi connectivity index (χ1n) is 6.60. The molecule has 0 bridgehead atoms. The zero-order valence-corrected chi connectivity index (χ0v) is 12.3. The van der Waals surface area contributed by atoms with Crippen LogP contribution in [0.4, 0.5) is 4.79 Å². The molecule has 1 aromatic carbocycles. The molecule has 0 aliphatic rings. The molecule has 1 heterocycles. The molecule has 21 heavy (non-hydrogen) atoms. The predicted molar refractivity (Wildman–Crippen MR) is 77.6 cm³/mol. The van der Waals surface area contributed by atoms with Crippen molar-refractivity contribution in [2.45, 2.75) is 32.9 Å². The fourth-order valence-electron chi connectivity index (χ4n) is 1.63. The van der Waals surface area contributed by atoms with Crippen molar-refractivity contribution >= 4 is 6.09 Å². The third kappa shape index (κ3) is 4.88. The number of hydrazine groups is 1. The summed E-state index contributed by atoms with van der Waals surface area (Å²) in [5, 5.41) is 4.05. The van der Waals surface area contributed by atoms with Gasteiger partial charge in [0.25, 0.3) is 0 Å². The summed E-state index contributed by atoms with van der Waals surface area (Å²) < 4.78 is 6.79. The molecule has 0 spiro atoms. The van der Waals surface area contributed by atoms with Crippen LogP contribution in [0.25, 0.3) is 5.69 Å². The van der Waals surface area contributed by atoms with E-state index in [1.807, 2.05) is 45.0 Å². The van der Waals surface area contributed by atoms with Gasteiger partial charge in [0, 0.05) is 6.54 Å². The molecule has 0 fully saturated rings. The van der Waals surface area contributed by atoms with E-state index in [0.717, 1.165) is 11.3 Å². The number of rotatable bonds is 4. The van der Waals surface area contributed by atoms with E-state index in [2.05, 4.69) is 20.9 Å². The van der Waals surface area contributed by atoms with E-state index in [1.54, 1.807) is 11.0 Å². The van der Waals surface area contributed by atoms with Gasteiger partial charge in [-0.25, -0.2) is 19.9 Å². The van der Waals surface area contributed by atoms with Gasteiger partial charge in [-0.1, -0.05) is 12.1 Å². The normalized spacial score (nSPS) is 11.2. The average molecular weight is 289 g/mol. The lowest BCUT2D eigenvalue weighted by Crippen LogP contribution is -2.40. The molecule has 0 saturated heterocycles. The van der Waals surface area contributed by atoms with Crippen LogP contribution in [0.2, 0.25) is 0 Å². The summed E-state index contributed by atoms with van der Waals surface area (Å²) >= 11 is 0. The number of benzene rings is 1. The van der Waals surface area contributed by atoms with Crippen molar-refractivity contribution in [2.75, 3.05) is 0 Å². The van der Waals surface area contributed by atoms with Crippen molar-refractivity contribution in [1.82, 2.24) is 25.6 Å². The predicted octanol–water partition coefficient (Wildman–Crippen LogP) is 1.80. The number of hydrogen-bond acceptors (Lipinski definition) is 5. The Hall–Kier alpha value is -2.41. The zero-order chi connectivity index (χ0) is 15.3. The maximum atomic E-state index is 11.4. The smallest absolute Gasteiger partial charge is 0.422 e. The highest BCUT2D eigenvalue weighted by Gasteiger charge is 2.15. The Bertz CT molecular complexity index is 572. The second kappa shape index (κ2) is 6.36. The number of nitrogens with one attached hydrogen (secondary N) is 2. The number of carbonyl (C=O) groups is 1. The molecule has 0 unspecified atom stereocenters. The zero-order valence-electron chi connectivity index (χ0n) is 12.3. The lowest BCUT2D eigenvalue weighted by molar-refractivity contribution is 0.0497. The molecule has 7 heteroatoms. The van der Waals surface area contributed by atoms with Gasteiger partial charge >= 0.3 is 6.09 Å². The van der Waals surface area contributed by atoms with Crippen molar-refractivity contribution in [3.05, 3.63) is 42.5 Å². The highest BCUT2D eigenvalue weighted by molar-refractivity contribution is 5.66. The summed E-state index contributed by atoms with van der Waals surface area (Å²) in [6.45, 7) is 5.94. The summed E-state index contributed by atoms with van der Waals surface area (Å²) in [4.78, 5) is 15.3. The number of aromatic nitrogens is 3. The van der Waals surface area contributed by atoms with Crippen molar-refractivity contribution < 1.29 is 9.53 Å². The van der Waals surface area contributed by atoms with E-state index in [4.69, 9.17) is 4.74 Å². The highest BCUT2D eigenvalue weighted by Crippen LogP contribution is 2.08. The lowest BCUT2D eigenvalue weighted by atomic mass is 10.2. The van der Waals surface area contributed by atoms with Crippen LogP contribution in [0.15, 0.2) is 36.9 Å². The number of ether oxygens (including phenoxy) is 1. The van der Waals surface area contributed by atoms with Crippen LogP contribution >= 0.6 is 0 Å². The van der Waals surface area contributed by atoms with Crippen molar-refractivity contribution in [2.24, 2.45) is 0 Å². The molecule has 2 N–H and O–H groups in total. The van der Waals surface area contributed by atoms with Gasteiger partial charge in [-0.2, -0.15) is 5.10 Å². The minimum atomic E-state index is -0.509. The molecule has 0 saturated carbocycles. The van der Waals surface area contributed by atoms with Crippen LogP contribution in [0.5, 0.6) is 0 Å². The maximum absolute atomic E-state index is 11.4. The van der Waals surface area contributed by atoms with Gasteiger partial charge in [-0.3, -0.25) is 5.43 Å². The van der Waals surface area contributed by atoms with E-state index in [9.17, 15) is 4.79 Å². The van der Waals surface area contributed by atoms with Gasteiger partial charge < -0.3 is 4.74 Å². The Morgan fingerprint density at radius 3 is 2.57 bits per heavy atom. The molecular weight excluding hydrogens is 270 g/mol. The molecular formula is C14H19N5O2. The van der Waals surface area contributed by atoms with Crippen LogP contribution in [0.3, 0.4) is 0 Å². The maximum Gasteiger partial charge on any atom is 0.422 e. The lowest BCUT2D eigenvalue weighted by Gasteiger charge is -2.19. The molecule has 1 amide bonds. The van der Waals surface area contributed by atoms with Crippen LogP contribution in [-0.4, -0.2) is 26.5 Å².